The molecule has 2 heterocycles. The van der Waals surface area contributed by atoms with Gasteiger partial charge in [-0.15, -0.1) is 0 Å². The van der Waals surface area contributed by atoms with Crippen LogP contribution in [0.15, 0.2) is 12.1 Å². The molecular weight excluding hydrogens is 530 g/mol. The topological polar surface area (TPSA) is 128 Å². The summed E-state index contributed by atoms with van der Waals surface area (Å²) in [6.07, 6.45) is 1.32. The zero-order chi connectivity index (χ0) is 29.8. The number of hydrogen-bond donors (Lipinski definition) is 1. The van der Waals surface area contributed by atoms with E-state index in [4.69, 9.17) is 19.9 Å². The number of hydrogen-bond acceptors (Lipinski definition) is 7. The summed E-state index contributed by atoms with van der Waals surface area (Å²) >= 11 is 0. The molecule has 40 heavy (non-hydrogen) atoms. The number of ether oxygens (including phenoxy) is 3. The van der Waals surface area contributed by atoms with E-state index in [-0.39, 0.29) is 37.3 Å². The molecule has 0 bridgehead atoms. The van der Waals surface area contributed by atoms with E-state index in [0.29, 0.717) is 31.0 Å². The minimum Gasteiger partial charge on any atom is -0.496 e. The van der Waals surface area contributed by atoms with Crippen molar-refractivity contribution in [3.05, 3.63) is 28.8 Å². The molecule has 1 atom stereocenters. The standard InChI is InChI=1S/C29H45N3O7Si/c1-29(2,3)39-24(33)9-8-22(26(30)34)32-18-21-16-20(17-23(37-4)25(21)27(32)35)19-10-12-31(13-11-19)28(36)38-14-15-40(5,6)7/h16-17,19,22H,8-15,18H2,1-7H3,(H2,30,34). The van der Waals surface area contributed by atoms with E-state index in [1.54, 1.807) is 25.7 Å². The second-order valence-electron chi connectivity index (χ2n) is 12.9. The lowest BCUT2D eigenvalue weighted by molar-refractivity contribution is -0.155. The molecule has 0 radical (unpaired) electrons. The molecule has 1 fully saturated rings. The van der Waals surface area contributed by atoms with Crippen LogP contribution in [-0.2, 0) is 25.6 Å². The average molecular weight is 576 g/mol. The maximum absolute atomic E-state index is 13.4. The first-order chi connectivity index (χ1) is 18.6. The Labute approximate surface area is 238 Å². The van der Waals surface area contributed by atoms with Crippen LogP contribution in [-0.4, -0.2) is 80.2 Å². The van der Waals surface area contributed by atoms with Crippen molar-refractivity contribution in [3.63, 3.8) is 0 Å². The number of methoxy groups -OCH3 is 1. The molecule has 2 aliphatic heterocycles. The van der Waals surface area contributed by atoms with Gasteiger partial charge in [-0.1, -0.05) is 25.7 Å². The van der Waals surface area contributed by atoms with E-state index in [0.717, 1.165) is 30.0 Å². The highest BCUT2D eigenvalue weighted by atomic mass is 28.3. The van der Waals surface area contributed by atoms with Crippen LogP contribution >= 0.6 is 0 Å². The fraction of sp³-hybridized carbons (Fsp3) is 0.655. The highest BCUT2D eigenvalue weighted by Crippen LogP contribution is 2.38. The van der Waals surface area contributed by atoms with Crippen LogP contribution in [0.5, 0.6) is 5.75 Å². The van der Waals surface area contributed by atoms with Crippen LogP contribution < -0.4 is 10.5 Å². The third kappa shape index (κ3) is 8.22. The molecule has 222 valence electrons. The summed E-state index contributed by atoms with van der Waals surface area (Å²) in [6.45, 7) is 13.9. The molecule has 1 unspecified atom stereocenters. The van der Waals surface area contributed by atoms with Crippen molar-refractivity contribution >= 4 is 32.0 Å². The van der Waals surface area contributed by atoms with E-state index >= 15 is 0 Å². The number of primary amides is 1. The lowest BCUT2D eigenvalue weighted by Gasteiger charge is -2.32. The molecule has 1 saturated heterocycles. The first-order valence-electron chi connectivity index (χ1n) is 14.0. The Bertz CT molecular complexity index is 1120. The Hall–Kier alpha value is -3.08. The zero-order valence-corrected chi connectivity index (χ0v) is 26.0. The number of amides is 3. The van der Waals surface area contributed by atoms with E-state index in [9.17, 15) is 19.2 Å². The Kier molecular flexibility index (Phi) is 9.92. The van der Waals surface area contributed by atoms with Crippen molar-refractivity contribution in [2.24, 2.45) is 5.73 Å². The lowest BCUT2D eigenvalue weighted by Crippen LogP contribution is -2.45. The summed E-state index contributed by atoms with van der Waals surface area (Å²) < 4.78 is 16.5. The van der Waals surface area contributed by atoms with Crippen molar-refractivity contribution in [1.82, 2.24) is 9.80 Å². The fourth-order valence-corrected chi connectivity index (χ4v) is 5.86. The number of rotatable bonds is 10. The highest BCUT2D eigenvalue weighted by molar-refractivity contribution is 6.76. The minimum atomic E-state index is -1.27. The van der Waals surface area contributed by atoms with Gasteiger partial charge in [0.05, 0.1) is 19.3 Å². The van der Waals surface area contributed by atoms with Gasteiger partial charge in [0.1, 0.15) is 17.4 Å². The number of likely N-dealkylation sites (tertiary alicyclic amines) is 1. The number of carbonyl (C=O) groups is 4. The molecule has 1 aromatic carbocycles. The second-order valence-corrected chi connectivity index (χ2v) is 18.5. The molecule has 0 aromatic heterocycles. The van der Waals surface area contributed by atoms with Crippen molar-refractivity contribution in [1.29, 1.82) is 0 Å². The molecule has 3 rings (SSSR count). The largest absolute Gasteiger partial charge is 0.496 e. The van der Waals surface area contributed by atoms with Crippen LogP contribution in [0, 0.1) is 0 Å². The van der Waals surface area contributed by atoms with Gasteiger partial charge in [-0.3, -0.25) is 14.4 Å². The van der Waals surface area contributed by atoms with Crippen molar-refractivity contribution < 1.29 is 33.4 Å². The SMILES string of the molecule is COc1cc(C2CCN(C(=O)OCC[Si](C)(C)C)CC2)cc2c1C(=O)N(C(CCC(=O)OC(C)(C)C)C(N)=O)C2. The first-order valence-corrected chi connectivity index (χ1v) is 17.7. The predicted molar refractivity (Wildman–Crippen MR) is 154 cm³/mol. The number of esters is 1. The summed E-state index contributed by atoms with van der Waals surface area (Å²) in [6, 6.07) is 3.87. The lowest BCUT2D eigenvalue weighted by atomic mass is 9.87. The van der Waals surface area contributed by atoms with E-state index < -0.39 is 31.6 Å². The molecule has 10 nitrogen and oxygen atoms in total. The van der Waals surface area contributed by atoms with Gasteiger partial charge in [-0.05, 0) is 69.2 Å². The number of nitrogens with zero attached hydrogens (tertiary/aromatic N) is 2. The Morgan fingerprint density at radius 3 is 2.33 bits per heavy atom. The number of benzene rings is 1. The van der Waals surface area contributed by atoms with Crippen molar-refractivity contribution in [2.75, 3.05) is 26.8 Å². The summed E-state index contributed by atoms with van der Waals surface area (Å²) in [5.74, 6) is -0.832. The van der Waals surface area contributed by atoms with E-state index in [1.807, 2.05) is 12.1 Å². The van der Waals surface area contributed by atoms with Gasteiger partial charge >= 0.3 is 12.1 Å². The van der Waals surface area contributed by atoms with Crippen LogP contribution in [0.3, 0.4) is 0 Å². The van der Waals surface area contributed by atoms with Crippen LogP contribution in [0.1, 0.15) is 73.9 Å². The summed E-state index contributed by atoms with van der Waals surface area (Å²) in [5.41, 5.74) is 7.24. The Balaban J connectivity index is 1.68. The summed E-state index contributed by atoms with van der Waals surface area (Å²) in [5, 5.41) is 0. The zero-order valence-electron chi connectivity index (χ0n) is 25.0. The van der Waals surface area contributed by atoms with Crippen LogP contribution in [0.4, 0.5) is 4.79 Å². The monoisotopic (exact) mass is 575 g/mol. The predicted octanol–water partition coefficient (Wildman–Crippen LogP) is 4.28. The Morgan fingerprint density at radius 2 is 1.77 bits per heavy atom. The van der Waals surface area contributed by atoms with Gasteiger partial charge in [0.25, 0.3) is 5.91 Å². The van der Waals surface area contributed by atoms with E-state index in [1.165, 1.54) is 12.0 Å². The molecule has 3 amide bonds. The minimum absolute atomic E-state index is 0.0352. The summed E-state index contributed by atoms with van der Waals surface area (Å²) in [4.78, 5) is 53.7. The third-order valence-electron chi connectivity index (χ3n) is 7.29. The van der Waals surface area contributed by atoms with Gasteiger partial charge in [-0.25, -0.2) is 4.79 Å². The molecule has 0 spiro atoms. The number of nitrogens with two attached hydrogens (primary N) is 1. The molecule has 1 aromatic rings. The first kappa shape index (κ1) is 31.4. The molecule has 0 saturated carbocycles. The normalized spacial score (nSPS) is 16.9. The third-order valence-corrected chi connectivity index (χ3v) is 8.99. The van der Waals surface area contributed by atoms with Gasteiger partial charge in [0.2, 0.25) is 5.91 Å². The fourth-order valence-electron chi connectivity index (χ4n) is 5.14. The Morgan fingerprint density at radius 1 is 1.12 bits per heavy atom. The van der Waals surface area contributed by atoms with Crippen molar-refractivity contribution in [3.8, 4) is 5.75 Å². The molecule has 0 aliphatic carbocycles. The number of fused-ring (bicyclic) bond motifs is 1. The van der Waals surface area contributed by atoms with E-state index in [2.05, 4.69) is 19.6 Å². The summed E-state index contributed by atoms with van der Waals surface area (Å²) in [7, 11) is 0.247. The maximum Gasteiger partial charge on any atom is 0.409 e. The average Bonchev–Trinajstić information content (AvgIpc) is 3.17. The van der Waals surface area contributed by atoms with Crippen LogP contribution in [0.2, 0.25) is 25.7 Å². The quantitative estimate of drug-likeness (QED) is 0.326. The van der Waals surface area contributed by atoms with Gasteiger partial charge in [0, 0.05) is 34.1 Å². The molecule has 2 N–H and O–H groups in total. The van der Waals surface area contributed by atoms with Crippen LogP contribution in [0.25, 0.3) is 0 Å². The maximum atomic E-state index is 13.4. The van der Waals surface area contributed by atoms with Gasteiger partial charge in [-0.2, -0.15) is 0 Å². The molecule has 11 heteroatoms. The van der Waals surface area contributed by atoms with Gasteiger partial charge < -0.3 is 29.7 Å². The van der Waals surface area contributed by atoms with Crippen molar-refractivity contribution in [2.45, 2.75) is 96.2 Å². The molecule has 2 aliphatic rings. The van der Waals surface area contributed by atoms with Gasteiger partial charge in [0.15, 0.2) is 0 Å². The second kappa shape index (κ2) is 12.6. The highest BCUT2D eigenvalue weighted by Gasteiger charge is 2.39. The number of piperidine rings is 1. The molecular formula is C29H45N3O7Si. The smallest absolute Gasteiger partial charge is 0.409 e. The number of carbonyl (C=O) groups excluding carboxylic acids is 4.